The molecule has 1 aliphatic heterocycles. The molecule has 1 unspecified atom stereocenters. The Bertz CT molecular complexity index is 298. The molecule has 0 aliphatic carbocycles. The summed E-state index contributed by atoms with van der Waals surface area (Å²) in [4.78, 5) is 20.6. The second-order valence-electron chi connectivity index (χ2n) is 3.25. The van der Waals surface area contributed by atoms with Crippen molar-refractivity contribution in [2.24, 2.45) is 5.73 Å². The second kappa shape index (κ2) is 5.91. The zero-order valence-electron chi connectivity index (χ0n) is 8.61. The van der Waals surface area contributed by atoms with Gasteiger partial charge in [-0.3, -0.25) is 4.90 Å². The molecule has 0 radical (unpaired) electrons. The van der Waals surface area contributed by atoms with Gasteiger partial charge in [-0.25, -0.2) is 4.79 Å². The molecule has 3 atom stereocenters. The molecule has 16 heavy (non-hydrogen) atoms. The van der Waals surface area contributed by atoms with Gasteiger partial charge in [-0.2, -0.15) is 0 Å². The summed E-state index contributed by atoms with van der Waals surface area (Å²) in [5.74, 6) is 0. The van der Waals surface area contributed by atoms with Crippen molar-refractivity contribution in [2.45, 2.75) is 25.2 Å². The van der Waals surface area contributed by atoms with Gasteiger partial charge in [-0.05, 0) is 12.8 Å². The van der Waals surface area contributed by atoms with Gasteiger partial charge in [0.1, 0.15) is 12.8 Å². The van der Waals surface area contributed by atoms with Crippen molar-refractivity contribution in [3.63, 3.8) is 0 Å². The van der Waals surface area contributed by atoms with Crippen LogP contribution in [-0.2, 0) is 13.8 Å². The van der Waals surface area contributed by atoms with E-state index >= 15 is 0 Å². The number of rotatable bonds is 5. The lowest BCUT2D eigenvalue weighted by atomic mass is 10.2. The molecule has 1 rings (SSSR count). The van der Waals surface area contributed by atoms with Gasteiger partial charge < -0.3 is 10.5 Å². The maximum absolute atomic E-state index is 11.0. The van der Waals surface area contributed by atoms with Crippen LogP contribution in [-0.4, -0.2) is 34.8 Å². The SMILES string of the molecule is C=CN(C(N)=O)[C@H]1CC[C@@H](CO[P+](=O)O)O1. The lowest BCUT2D eigenvalue weighted by molar-refractivity contribution is -0.0311. The van der Waals surface area contributed by atoms with E-state index < -0.39 is 20.5 Å². The van der Waals surface area contributed by atoms with E-state index in [1.807, 2.05) is 0 Å². The fraction of sp³-hybridized carbons (Fsp3) is 0.625. The Morgan fingerprint density at radius 3 is 2.94 bits per heavy atom. The van der Waals surface area contributed by atoms with Crippen molar-refractivity contribution in [3.8, 4) is 0 Å². The van der Waals surface area contributed by atoms with Gasteiger partial charge in [0.05, 0.1) is 6.10 Å². The van der Waals surface area contributed by atoms with E-state index in [4.69, 9.17) is 15.4 Å². The van der Waals surface area contributed by atoms with E-state index in [0.717, 1.165) is 0 Å². The van der Waals surface area contributed by atoms with Crippen molar-refractivity contribution < 1.29 is 23.5 Å². The Morgan fingerprint density at radius 2 is 2.44 bits per heavy atom. The lowest BCUT2D eigenvalue weighted by Crippen LogP contribution is -2.39. The van der Waals surface area contributed by atoms with Crippen molar-refractivity contribution in [2.75, 3.05) is 6.61 Å². The van der Waals surface area contributed by atoms with Crippen LogP contribution in [0.5, 0.6) is 0 Å². The predicted octanol–water partition coefficient (Wildman–Crippen LogP) is 0.682. The minimum Gasteiger partial charge on any atom is -0.352 e. The molecule has 1 fully saturated rings. The van der Waals surface area contributed by atoms with E-state index in [0.29, 0.717) is 12.8 Å². The molecule has 0 bridgehead atoms. The van der Waals surface area contributed by atoms with E-state index in [9.17, 15) is 9.36 Å². The Hall–Kier alpha value is -1.01. The van der Waals surface area contributed by atoms with Crippen molar-refractivity contribution >= 4 is 14.3 Å². The fourth-order valence-electron chi connectivity index (χ4n) is 1.51. The standard InChI is InChI=1S/C8H13N2O5P/c1-2-10(8(9)11)7-4-3-6(15-7)5-14-16(12)13/h2,6-7H,1,3-5H2,(H2-,9,11,12,13)/p+1/t6-,7+/m0/s1. The van der Waals surface area contributed by atoms with Crippen LogP contribution in [0.1, 0.15) is 12.8 Å². The summed E-state index contributed by atoms with van der Waals surface area (Å²) in [5.41, 5.74) is 5.11. The average molecular weight is 249 g/mol. The number of primary amides is 1. The lowest BCUT2D eigenvalue weighted by Gasteiger charge is -2.22. The Morgan fingerprint density at radius 1 is 1.75 bits per heavy atom. The van der Waals surface area contributed by atoms with Gasteiger partial charge in [-0.15, -0.1) is 9.42 Å². The molecule has 0 spiro atoms. The Labute approximate surface area is 93.8 Å². The Kier molecular flexibility index (Phi) is 4.82. The normalized spacial score (nSPS) is 25.2. The molecule has 1 saturated heterocycles. The highest BCUT2D eigenvalue weighted by atomic mass is 31.1. The first-order valence-electron chi connectivity index (χ1n) is 4.69. The molecule has 7 nitrogen and oxygen atoms in total. The first kappa shape index (κ1) is 13.1. The van der Waals surface area contributed by atoms with Crippen LogP contribution in [0.15, 0.2) is 12.8 Å². The number of hydrogen-bond acceptors (Lipinski definition) is 4. The van der Waals surface area contributed by atoms with E-state index in [-0.39, 0.29) is 12.7 Å². The highest BCUT2D eigenvalue weighted by Crippen LogP contribution is 2.25. The molecule has 0 aromatic carbocycles. The van der Waals surface area contributed by atoms with E-state index in [1.165, 1.54) is 11.1 Å². The molecule has 3 N–H and O–H groups in total. The summed E-state index contributed by atoms with van der Waals surface area (Å²) in [5, 5.41) is 0. The highest BCUT2D eigenvalue weighted by Gasteiger charge is 2.32. The van der Waals surface area contributed by atoms with Gasteiger partial charge >= 0.3 is 14.3 Å². The number of amides is 2. The monoisotopic (exact) mass is 249 g/mol. The fourth-order valence-corrected chi connectivity index (χ4v) is 1.80. The smallest absolute Gasteiger partial charge is 0.352 e. The number of urea groups is 1. The Balaban J connectivity index is 2.42. The molecule has 0 aromatic heterocycles. The van der Waals surface area contributed by atoms with Gasteiger partial charge in [0, 0.05) is 10.8 Å². The largest absolute Gasteiger partial charge is 0.694 e. The minimum atomic E-state index is -2.62. The molecule has 1 aliphatic rings. The summed E-state index contributed by atoms with van der Waals surface area (Å²) >= 11 is 0. The van der Waals surface area contributed by atoms with Crippen LogP contribution in [0.4, 0.5) is 4.79 Å². The number of nitrogens with zero attached hydrogens (tertiary/aromatic N) is 1. The zero-order chi connectivity index (χ0) is 12.1. The van der Waals surface area contributed by atoms with Gasteiger partial charge in [0.15, 0.2) is 0 Å². The average Bonchev–Trinajstić information content (AvgIpc) is 2.64. The number of hydrogen-bond donors (Lipinski definition) is 2. The number of carbonyl (C=O) groups excluding carboxylic acids is 1. The molecular weight excluding hydrogens is 235 g/mol. The van der Waals surface area contributed by atoms with Crippen molar-refractivity contribution in [1.29, 1.82) is 0 Å². The molecule has 0 aromatic rings. The van der Waals surface area contributed by atoms with E-state index in [2.05, 4.69) is 11.1 Å². The van der Waals surface area contributed by atoms with Crippen LogP contribution in [0.2, 0.25) is 0 Å². The van der Waals surface area contributed by atoms with Crippen LogP contribution >= 0.6 is 8.25 Å². The number of nitrogens with two attached hydrogens (primary N) is 1. The molecule has 0 saturated carbocycles. The van der Waals surface area contributed by atoms with Crippen LogP contribution in [0.3, 0.4) is 0 Å². The van der Waals surface area contributed by atoms with Crippen molar-refractivity contribution in [1.82, 2.24) is 4.90 Å². The minimum absolute atomic E-state index is 0.0198. The first-order chi connectivity index (χ1) is 7.54. The quantitative estimate of drug-likeness (QED) is 0.697. The summed E-state index contributed by atoms with van der Waals surface area (Å²) in [6, 6.07) is -0.644. The van der Waals surface area contributed by atoms with Gasteiger partial charge in [-0.1, -0.05) is 6.58 Å². The number of ether oxygens (including phenoxy) is 1. The highest BCUT2D eigenvalue weighted by molar-refractivity contribution is 7.32. The summed E-state index contributed by atoms with van der Waals surface area (Å²) in [7, 11) is -2.62. The van der Waals surface area contributed by atoms with Crippen LogP contribution in [0, 0.1) is 0 Å². The first-order valence-corrected chi connectivity index (χ1v) is 5.82. The summed E-state index contributed by atoms with van der Waals surface area (Å²) in [6.45, 7) is 3.47. The van der Waals surface area contributed by atoms with Crippen molar-refractivity contribution in [3.05, 3.63) is 12.8 Å². The third-order valence-electron chi connectivity index (χ3n) is 2.22. The third kappa shape index (κ3) is 3.53. The maximum atomic E-state index is 11.0. The molecule has 1 heterocycles. The third-order valence-corrected chi connectivity index (χ3v) is 2.59. The van der Waals surface area contributed by atoms with Gasteiger partial charge in [0.25, 0.3) is 0 Å². The number of carbonyl (C=O) groups is 1. The predicted molar refractivity (Wildman–Crippen MR) is 55.3 cm³/mol. The molecule has 90 valence electrons. The topological polar surface area (TPSA) is 102 Å². The van der Waals surface area contributed by atoms with Crippen LogP contribution < -0.4 is 5.73 Å². The summed E-state index contributed by atoms with van der Waals surface area (Å²) < 4.78 is 20.2. The van der Waals surface area contributed by atoms with Gasteiger partial charge in [0.2, 0.25) is 0 Å². The zero-order valence-corrected chi connectivity index (χ0v) is 9.51. The van der Waals surface area contributed by atoms with E-state index in [1.54, 1.807) is 0 Å². The molecule has 2 amide bonds. The second-order valence-corrected chi connectivity index (χ2v) is 3.99. The van der Waals surface area contributed by atoms with Crippen LogP contribution in [0.25, 0.3) is 0 Å². The summed E-state index contributed by atoms with van der Waals surface area (Å²) in [6.07, 6.45) is 1.73. The molecular formula is C8H14N2O5P+. The maximum Gasteiger partial charge on any atom is 0.694 e. The molecule has 8 heteroatoms.